The SMILES string of the molecule is O=C(c1ccccc1F)[C@H](CO)S(=O)(=O)CF. The van der Waals surface area contributed by atoms with E-state index in [1.165, 1.54) is 12.1 Å². The maximum Gasteiger partial charge on any atom is 0.191 e. The summed E-state index contributed by atoms with van der Waals surface area (Å²) in [6, 6.07) is 2.94. The average Bonchev–Trinajstić information content (AvgIpc) is 2.30. The van der Waals surface area contributed by atoms with Crippen LogP contribution in [0.2, 0.25) is 0 Å². The summed E-state index contributed by atoms with van der Waals surface area (Å²) in [5.41, 5.74) is -0.483. The number of aliphatic hydroxyl groups excluding tert-OH is 1. The van der Waals surface area contributed by atoms with Crippen LogP contribution in [0.25, 0.3) is 0 Å². The van der Waals surface area contributed by atoms with Gasteiger partial charge in [0, 0.05) is 0 Å². The van der Waals surface area contributed by atoms with Gasteiger partial charge < -0.3 is 5.11 Å². The highest BCUT2D eigenvalue weighted by Crippen LogP contribution is 2.14. The predicted octanol–water partition coefficient (Wildman–Crippen LogP) is 0.711. The van der Waals surface area contributed by atoms with Gasteiger partial charge in [0.1, 0.15) is 11.1 Å². The van der Waals surface area contributed by atoms with Crippen molar-refractivity contribution in [3.63, 3.8) is 0 Å². The van der Waals surface area contributed by atoms with Crippen LogP contribution in [0.15, 0.2) is 24.3 Å². The molecule has 1 rings (SSSR count). The molecule has 0 heterocycles. The van der Waals surface area contributed by atoms with Crippen LogP contribution in [-0.4, -0.2) is 37.2 Å². The van der Waals surface area contributed by atoms with Crippen LogP contribution >= 0.6 is 0 Å². The molecule has 0 spiro atoms. The molecule has 1 aromatic rings. The molecule has 1 atom stereocenters. The lowest BCUT2D eigenvalue weighted by Crippen LogP contribution is -2.35. The summed E-state index contributed by atoms with van der Waals surface area (Å²) in [5.74, 6) is -2.06. The van der Waals surface area contributed by atoms with Crippen molar-refractivity contribution < 1.29 is 27.1 Å². The van der Waals surface area contributed by atoms with E-state index in [0.717, 1.165) is 12.1 Å². The standard InChI is InChI=1S/C10H10F2O4S/c11-6-17(15,16)9(5-13)10(14)7-3-1-2-4-8(7)12/h1-4,9,13H,5-6H2/t9-/m0/s1. The Balaban J connectivity index is 3.16. The van der Waals surface area contributed by atoms with Gasteiger partial charge in [-0.1, -0.05) is 12.1 Å². The van der Waals surface area contributed by atoms with Crippen molar-refractivity contribution >= 4 is 15.6 Å². The van der Waals surface area contributed by atoms with Crippen molar-refractivity contribution in [1.29, 1.82) is 0 Å². The molecular weight excluding hydrogens is 254 g/mol. The van der Waals surface area contributed by atoms with Crippen LogP contribution in [0.3, 0.4) is 0 Å². The van der Waals surface area contributed by atoms with Gasteiger partial charge in [-0.05, 0) is 12.1 Å². The third-order valence-electron chi connectivity index (χ3n) is 2.18. The summed E-state index contributed by atoms with van der Waals surface area (Å²) in [6.07, 6.45) is 0. The minimum atomic E-state index is -4.41. The van der Waals surface area contributed by atoms with E-state index in [-0.39, 0.29) is 0 Å². The van der Waals surface area contributed by atoms with Gasteiger partial charge in [-0.2, -0.15) is 0 Å². The number of Topliss-reactive ketones (excluding diaryl/α,β-unsaturated/α-hetero) is 1. The van der Waals surface area contributed by atoms with Crippen molar-refractivity contribution in [1.82, 2.24) is 0 Å². The lowest BCUT2D eigenvalue weighted by atomic mass is 10.1. The molecule has 0 aliphatic rings. The molecule has 0 saturated heterocycles. The number of alkyl halides is 1. The third kappa shape index (κ3) is 2.86. The number of rotatable bonds is 5. The first kappa shape index (κ1) is 13.7. The monoisotopic (exact) mass is 264 g/mol. The molecule has 0 fully saturated rings. The summed E-state index contributed by atoms with van der Waals surface area (Å²) in [6.45, 7) is -1.08. The van der Waals surface area contributed by atoms with Gasteiger partial charge in [0.15, 0.2) is 21.6 Å². The van der Waals surface area contributed by atoms with Crippen LogP contribution in [0.4, 0.5) is 8.78 Å². The molecule has 4 nitrogen and oxygen atoms in total. The maximum atomic E-state index is 13.2. The molecule has 0 aliphatic carbocycles. The Hall–Kier alpha value is -1.34. The highest BCUT2D eigenvalue weighted by Gasteiger charge is 2.33. The summed E-state index contributed by atoms with van der Waals surface area (Å²) in [4.78, 5) is 11.7. The number of benzene rings is 1. The van der Waals surface area contributed by atoms with Gasteiger partial charge in [-0.15, -0.1) is 0 Å². The Morgan fingerprint density at radius 2 is 1.94 bits per heavy atom. The van der Waals surface area contributed by atoms with E-state index in [1.54, 1.807) is 0 Å². The molecule has 0 unspecified atom stereocenters. The van der Waals surface area contributed by atoms with Crippen molar-refractivity contribution in [2.75, 3.05) is 12.6 Å². The summed E-state index contributed by atoms with van der Waals surface area (Å²) >= 11 is 0. The van der Waals surface area contributed by atoms with Gasteiger partial charge in [0.2, 0.25) is 0 Å². The first-order valence-corrected chi connectivity index (χ1v) is 6.32. The fourth-order valence-corrected chi connectivity index (χ4v) is 2.10. The van der Waals surface area contributed by atoms with E-state index in [2.05, 4.69) is 0 Å². The van der Waals surface area contributed by atoms with Crippen LogP contribution < -0.4 is 0 Å². The van der Waals surface area contributed by atoms with E-state index in [4.69, 9.17) is 5.11 Å². The van der Waals surface area contributed by atoms with Crippen molar-refractivity contribution in [2.45, 2.75) is 5.25 Å². The van der Waals surface area contributed by atoms with Crippen LogP contribution in [0, 0.1) is 5.82 Å². The Labute approximate surface area is 96.8 Å². The average molecular weight is 264 g/mol. The van der Waals surface area contributed by atoms with E-state index < -0.39 is 44.9 Å². The quantitative estimate of drug-likeness (QED) is 0.795. The second-order valence-corrected chi connectivity index (χ2v) is 5.40. The molecule has 0 saturated carbocycles. The number of aliphatic hydroxyl groups is 1. The molecule has 0 aliphatic heterocycles. The number of carbonyl (C=O) groups is 1. The highest BCUT2D eigenvalue weighted by molar-refractivity contribution is 7.92. The first-order chi connectivity index (χ1) is 7.94. The molecule has 0 bridgehead atoms. The molecule has 0 amide bonds. The van der Waals surface area contributed by atoms with Crippen LogP contribution in [0.5, 0.6) is 0 Å². The highest BCUT2D eigenvalue weighted by atomic mass is 32.2. The van der Waals surface area contributed by atoms with E-state index in [0.29, 0.717) is 0 Å². The minimum Gasteiger partial charge on any atom is -0.395 e. The molecule has 0 aromatic heterocycles. The topological polar surface area (TPSA) is 71.4 Å². The molecule has 1 aromatic carbocycles. The zero-order valence-electron chi connectivity index (χ0n) is 8.64. The van der Waals surface area contributed by atoms with Gasteiger partial charge >= 0.3 is 0 Å². The Morgan fingerprint density at radius 1 is 1.35 bits per heavy atom. The smallest absolute Gasteiger partial charge is 0.191 e. The number of hydrogen-bond donors (Lipinski definition) is 1. The third-order valence-corrected chi connectivity index (χ3v) is 3.72. The van der Waals surface area contributed by atoms with Crippen LogP contribution in [-0.2, 0) is 9.84 Å². The van der Waals surface area contributed by atoms with Gasteiger partial charge in [0.05, 0.1) is 12.2 Å². The summed E-state index contributed by atoms with van der Waals surface area (Å²) in [7, 11) is -4.41. The zero-order chi connectivity index (χ0) is 13.1. The second kappa shape index (κ2) is 5.33. The molecule has 1 N–H and O–H groups in total. The van der Waals surface area contributed by atoms with Crippen molar-refractivity contribution in [2.24, 2.45) is 0 Å². The number of sulfone groups is 1. The van der Waals surface area contributed by atoms with Crippen molar-refractivity contribution in [3.05, 3.63) is 35.6 Å². The first-order valence-electron chi connectivity index (χ1n) is 4.61. The molecule has 0 radical (unpaired) electrons. The van der Waals surface area contributed by atoms with Gasteiger partial charge in [-0.25, -0.2) is 17.2 Å². The van der Waals surface area contributed by atoms with Crippen molar-refractivity contribution in [3.8, 4) is 0 Å². The Kier molecular flexibility index (Phi) is 4.30. The maximum absolute atomic E-state index is 13.2. The zero-order valence-corrected chi connectivity index (χ0v) is 9.45. The lowest BCUT2D eigenvalue weighted by Gasteiger charge is -2.12. The molecular formula is C10H10F2O4S. The molecule has 7 heteroatoms. The normalized spacial score (nSPS) is 13.4. The molecule has 17 heavy (non-hydrogen) atoms. The second-order valence-electron chi connectivity index (χ2n) is 3.29. The number of hydrogen-bond acceptors (Lipinski definition) is 4. The summed E-state index contributed by atoms with van der Waals surface area (Å²) in [5, 5.41) is 6.86. The molecule has 94 valence electrons. The minimum absolute atomic E-state index is 0.483. The number of carbonyl (C=O) groups excluding carboxylic acids is 1. The van der Waals surface area contributed by atoms with Crippen LogP contribution in [0.1, 0.15) is 10.4 Å². The predicted molar refractivity (Wildman–Crippen MR) is 56.5 cm³/mol. The number of ketones is 1. The fourth-order valence-electron chi connectivity index (χ4n) is 1.27. The Morgan fingerprint density at radius 3 is 2.41 bits per heavy atom. The largest absolute Gasteiger partial charge is 0.395 e. The number of halogens is 2. The van der Waals surface area contributed by atoms with Gasteiger partial charge in [-0.3, -0.25) is 4.79 Å². The fraction of sp³-hybridized carbons (Fsp3) is 0.300. The van der Waals surface area contributed by atoms with E-state index >= 15 is 0 Å². The van der Waals surface area contributed by atoms with E-state index in [1.807, 2.05) is 0 Å². The Bertz CT molecular complexity index is 513. The summed E-state index contributed by atoms with van der Waals surface area (Å²) < 4.78 is 47.8. The van der Waals surface area contributed by atoms with Gasteiger partial charge in [0.25, 0.3) is 0 Å². The lowest BCUT2D eigenvalue weighted by molar-refractivity contribution is 0.0957. The van der Waals surface area contributed by atoms with E-state index in [9.17, 15) is 22.0 Å².